The minimum absolute atomic E-state index is 0.281. The van der Waals surface area contributed by atoms with E-state index in [-0.39, 0.29) is 11.8 Å². The van der Waals surface area contributed by atoms with Crippen LogP contribution in [0, 0.1) is 6.92 Å². The van der Waals surface area contributed by atoms with Crippen LogP contribution in [-0.4, -0.2) is 16.8 Å². The van der Waals surface area contributed by atoms with Crippen LogP contribution in [0.2, 0.25) is 0 Å². The first-order chi connectivity index (χ1) is 12.1. The van der Waals surface area contributed by atoms with Crippen LogP contribution in [0.4, 0.5) is 11.4 Å². The Hall–Kier alpha value is -3.47. The lowest BCUT2D eigenvalue weighted by atomic mass is 10.1. The standard InChI is InChI=1S/C20H17N3O2/c1-14-7-2-4-10-17(14)22-20(25)16-9-3-5-11-18(16)23-19(24)15-8-6-12-21-13-15/h2-13H,1H3,(H,22,25)(H,23,24). The quantitative estimate of drug-likeness (QED) is 0.762. The number of hydrogen-bond donors (Lipinski definition) is 2. The Bertz CT molecular complexity index is 908. The summed E-state index contributed by atoms with van der Waals surface area (Å²) in [6, 6.07) is 17.8. The zero-order valence-electron chi connectivity index (χ0n) is 13.7. The van der Waals surface area contributed by atoms with Crippen molar-refractivity contribution in [2.24, 2.45) is 0 Å². The van der Waals surface area contributed by atoms with Crippen LogP contribution < -0.4 is 10.6 Å². The summed E-state index contributed by atoms with van der Waals surface area (Å²) in [5.41, 5.74) is 2.97. The third kappa shape index (κ3) is 3.90. The molecule has 0 saturated carbocycles. The molecule has 3 aromatic rings. The minimum atomic E-state index is -0.316. The van der Waals surface area contributed by atoms with Gasteiger partial charge in [-0.15, -0.1) is 0 Å². The third-order valence-electron chi connectivity index (χ3n) is 3.74. The Kier molecular flexibility index (Phi) is 4.85. The average Bonchev–Trinajstić information content (AvgIpc) is 2.64. The monoisotopic (exact) mass is 331 g/mol. The molecule has 2 N–H and O–H groups in total. The molecule has 124 valence electrons. The lowest BCUT2D eigenvalue weighted by Crippen LogP contribution is -2.18. The van der Waals surface area contributed by atoms with Gasteiger partial charge in [-0.2, -0.15) is 0 Å². The Labute approximate surface area is 145 Å². The van der Waals surface area contributed by atoms with Crippen LogP contribution >= 0.6 is 0 Å². The maximum Gasteiger partial charge on any atom is 0.257 e. The van der Waals surface area contributed by atoms with E-state index in [1.165, 1.54) is 6.20 Å². The molecule has 1 aromatic heterocycles. The fraction of sp³-hybridized carbons (Fsp3) is 0.0500. The molecule has 0 aliphatic heterocycles. The van der Waals surface area contributed by atoms with E-state index in [0.717, 1.165) is 11.3 Å². The largest absolute Gasteiger partial charge is 0.322 e. The Balaban J connectivity index is 1.82. The van der Waals surface area contributed by atoms with Gasteiger partial charge in [-0.05, 0) is 42.8 Å². The van der Waals surface area contributed by atoms with Gasteiger partial charge in [-0.25, -0.2) is 0 Å². The average molecular weight is 331 g/mol. The van der Waals surface area contributed by atoms with Crippen LogP contribution in [0.3, 0.4) is 0 Å². The number of nitrogens with one attached hydrogen (secondary N) is 2. The molecular weight excluding hydrogens is 314 g/mol. The number of benzene rings is 2. The van der Waals surface area contributed by atoms with Crippen LogP contribution in [0.5, 0.6) is 0 Å². The number of hydrogen-bond acceptors (Lipinski definition) is 3. The zero-order chi connectivity index (χ0) is 17.6. The van der Waals surface area contributed by atoms with E-state index in [0.29, 0.717) is 16.8 Å². The highest BCUT2D eigenvalue weighted by Crippen LogP contribution is 2.20. The van der Waals surface area contributed by atoms with E-state index >= 15 is 0 Å². The van der Waals surface area contributed by atoms with Gasteiger partial charge in [0.2, 0.25) is 0 Å². The summed E-state index contributed by atoms with van der Waals surface area (Å²) in [5, 5.41) is 5.65. The first kappa shape index (κ1) is 16.4. The van der Waals surface area contributed by atoms with Crippen molar-refractivity contribution in [3.8, 4) is 0 Å². The highest BCUT2D eigenvalue weighted by molar-refractivity contribution is 6.12. The van der Waals surface area contributed by atoms with Gasteiger partial charge in [0, 0.05) is 18.1 Å². The van der Waals surface area contributed by atoms with E-state index in [1.807, 2.05) is 31.2 Å². The molecule has 5 nitrogen and oxygen atoms in total. The topological polar surface area (TPSA) is 71.1 Å². The molecular formula is C20H17N3O2. The Morgan fingerprint density at radius 1 is 0.800 bits per heavy atom. The molecule has 2 aromatic carbocycles. The zero-order valence-corrected chi connectivity index (χ0v) is 13.7. The molecule has 0 fully saturated rings. The van der Waals surface area contributed by atoms with Gasteiger partial charge in [0.15, 0.2) is 0 Å². The molecule has 0 saturated heterocycles. The van der Waals surface area contributed by atoms with Crippen molar-refractivity contribution in [1.82, 2.24) is 4.98 Å². The number of aromatic nitrogens is 1. The van der Waals surface area contributed by atoms with E-state index in [2.05, 4.69) is 15.6 Å². The smallest absolute Gasteiger partial charge is 0.257 e. The van der Waals surface area contributed by atoms with E-state index in [4.69, 9.17) is 0 Å². The van der Waals surface area contributed by atoms with Gasteiger partial charge in [0.05, 0.1) is 16.8 Å². The summed E-state index contributed by atoms with van der Waals surface area (Å²) in [4.78, 5) is 28.9. The number of nitrogens with zero attached hydrogens (tertiary/aromatic N) is 1. The molecule has 2 amide bonds. The molecule has 0 radical (unpaired) electrons. The molecule has 1 heterocycles. The van der Waals surface area contributed by atoms with Gasteiger partial charge in [0.25, 0.3) is 11.8 Å². The van der Waals surface area contributed by atoms with Crippen LogP contribution in [0.1, 0.15) is 26.3 Å². The predicted octanol–water partition coefficient (Wildman–Crippen LogP) is 3.89. The molecule has 5 heteroatoms. The summed E-state index contributed by atoms with van der Waals surface area (Å²) in [7, 11) is 0. The van der Waals surface area contributed by atoms with E-state index in [9.17, 15) is 9.59 Å². The molecule has 0 aliphatic rings. The Morgan fingerprint density at radius 2 is 1.48 bits per heavy atom. The van der Waals surface area contributed by atoms with Crippen molar-refractivity contribution in [2.45, 2.75) is 6.92 Å². The number of rotatable bonds is 4. The van der Waals surface area contributed by atoms with Gasteiger partial charge in [0.1, 0.15) is 0 Å². The first-order valence-electron chi connectivity index (χ1n) is 7.82. The summed E-state index contributed by atoms with van der Waals surface area (Å²) in [5.74, 6) is -0.597. The SMILES string of the molecule is Cc1ccccc1NC(=O)c1ccccc1NC(=O)c1cccnc1. The minimum Gasteiger partial charge on any atom is -0.322 e. The van der Waals surface area contributed by atoms with Crippen LogP contribution in [0.15, 0.2) is 73.1 Å². The van der Waals surface area contributed by atoms with Crippen LogP contribution in [0.25, 0.3) is 0 Å². The second-order valence-electron chi connectivity index (χ2n) is 5.51. The third-order valence-corrected chi connectivity index (χ3v) is 3.74. The van der Waals surface area contributed by atoms with Crippen molar-refractivity contribution in [3.05, 3.63) is 89.7 Å². The van der Waals surface area contributed by atoms with Crippen molar-refractivity contribution in [1.29, 1.82) is 0 Å². The molecule has 0 atom stereocenters. The summed E-state index contributed by atoms with van der Waals surface area (Å²) in [6.45, 7) is 1.92. The van der Waals surface area contributed by atoms with Crippen molar-refractivity contribution in [2.75, 3.05) is 10.6 Å². The molecule has 0 unspecified atom stereocenters. The van der Waals surface area contributed by atoms with Crippen LogP contribution in [-0.2, 0) is 0 Å². The Morgan fingerprint density at radius 3 is 2.20 bits per heavy atom. The summed E-state index contributed by atoms with van der Waals surface area (Å²) in [6.07, 6.45) is 3.08. The van der Waals surface area contributed by atoms with Crippen molar-refractivity contribution >= 4 is 23.2 Å². The maximum absolute atomic E-state index is 12.6. The summed E-state index contributed by atoms with van der Waals surface area (Å²) >= 11 is 0. The molecule has 0 spiro atoms. The number of carbonyl (C=O) groups excluding carboxylic acids is 2. The molecule has 0 bridgehead atoms. The predicted molar refractivity (Wildman–Crippen MR) is 97.8 cm³/mol. The first-order valence-corrected chi connectivity index (χ1v) is 7.82. The fourth-order valence-corrected chi connectivity index (χ4v) is 2.38. The molecule has 0 aliphatic carbocycles. The second-order valence-corrected chi connectivity index (χ2v) is 5.51. The number of para-hydroxylation sites is 2. The number of amides is 2. The lowest BCUT2D eigenvalue weighted by molar-refractivity contribution is 0.102. The van der Waals surface area contributed by atoms with Gasteiger partial charge >= 0.3 is 0 Å². The number of pyridine rings is 1. The number of aryl methyl sites for hydroxylation is 1. The lowest BCUT2D eigenvalue weighted by Gasteiger charge is -2.12. The van der Waals surface area contributed by atoms with Crippen molar-refractivity contribution < 1.29 is 9.59 Å². The number of anilines is 2. The highest BCUT2D eigenvalue weighted by atomic mass is 16.2. The van der Waals surface area contributed by atoms with Gasteiger partial charge < -0.3 is 10.6 Å². The maximum atomic E-state index is 12.6. The molecule has 25 heavy (non-hydrogen) atoms. The van der Waals surface area contributed by atoms with E-state index in [1.54, 1.807) is 42.6 Å². The normalized spacial score (nSPS) is 10.1. The summed E-state index contributed by atoms with van der Waals surface area (Å²) < 4.78 is 0. The second kappa shape index (κ2) is 7.40. The van der Waals surface area contributed by atoms with Gasteiger partial charge in [-0.3, -0.25) is 14.6 Å². The highest BCUT2D eigenvalue weighted by Gasteiger charge is 2.14. The van der Waals surface area contributed by atoms with E-state index < -0.39 is 0 Å². The number of carbonyl (C=O) groups is 2. The van der Waals surface area contributed by atoms with Crippen molar-refractivity contribution in [3.63, 3.8) is 0 Å². The fourth-order valence-electron chi connectivity index (χ4n) is 2.38. The van der Waals surface area contributed by atoms with Gasteiger partial charge in [-0.1, -0.05) is 30.3 Å². The molecule has 3 rings (SSSR count).